The molecule has 2 aromatic carbocycles. The van der Waals surface area contributed by atoms with Gasteiger partial charge in [0.15, 0.2) is 0 Å². The molecule has 1 atom stereocenters. The van der Waals surface area contributed by atoms with Gasteiger partial charge in [-0.15, -0.1) is 11.3 Å². The number of aliphatic hydroxyl groups excluding tert-OH is 1. The topological polar surface area (TPSA) is 66.8 Å². The van der Waals surface area contributed by atoms with Crippen molar-refractivity contribution in [3.63, 3.8) is 0 Å². The summed E-state index contributed by atoms with van der Waals surface area (Å²) < 4.78 is 5.36. The van der Waals surface area contributed by atoms with E-state index in [2.05, 4.69) is 0 Å². The van der Waals surface area contributed by atoms with E-state index in [0.717, 1.165) is 16.0 Å². The predicted octanol–water partition coefficient (Wildman–Crippen LogP) is 5.65. The number of ether oxygens (including phenoxy) is 1. The van der Waals surface area contributed by atoms with Crippen LogP contribution in [0.5, 0.6) is 5.75 Å². The van der Waals surface area contributed by atoms with Crippen LogP contribution in [0, 0.1) is 13.8 Å². The van der Waals surface area contributed by atoms with Gasteiger partial charge in [0.05, 0.1) is 25.3 Å². The normalized spacial score (nSPS) is 17.8. The molecular formula is C25H22ClNO4S. The zero-order valence-corrected chi connectivity index (χ0v) is 19.5. The Morgan fingerprint density at radius 1 is 1.12 bits per heavy atom. The molecule has 1 amide bonds. The van der Waals surface area contributed by atoms with Gasteiger partial charge in [-0.1, -0.05) is 29.8 Å². The molecule has 0 radical (unpaired) electrons. The number of likely N-dealkylation sites (tertiary alicyclic amines) is 1. The second-order valence-electron chi connectivity index (χ2n) is 7.69. The maximum atomic E-state index is 13.2. The molecule has 0 bridgehead atoms. The van der Waals surface area contributed by atoms with Gasteiger partial charge in [-0.25, -0.2) is 0 Å². The van der Waals surface area contributed by atoms with Crippen LogP contribution in [-0.4, -0.2) is 28.8 Å². The largest absolute Gasteiger partial charge is 0.507 e. The Labute approximate surface area is 195 Å². The van der Waals surface area contributed by atoms with Gasteiger partial charge in [-0.2, -0.15) is 0 Å². The zero-order valence-electron chi connectivity index (χ0n) is 17.9. The summed E-state index contributed by atoms with van der Waals surface area (Å²) in [5.74, 6) is -0.846. The zero-order chi connectivity index (χ0) is 23.0. The number of rotatable bonds is 5. The van der Waals surface area contributed by atoms with Gasteiger partial charge in [0.25, 0.3) is 11.7 Å². The minimum Gasteiger partial charge on any atom is -0.507 e. The number of thiophene rings is 1. The fourth-order valence-corrected chi connectivity index (χ4v) is 4.84. The van der Waals surface area contributed by atoms with Crippen LogP contribution in [0.1, 0.15) is 33.2 Å². The van der Waals surface area contributed by atoms with Crippen molar-refractivity contribution in [2.45, 2.75) is 26.4 Å². The van der Waals surface area contributed by atoms with Crippen LogP contribution in [0.25, 0.3) is 5.76 Å². The minimum atomic E-state index is -0.726. The Bertz CT molecular complexity index is 1220. The number of carbonyl (C=O) groups excluding carboxylic acids is 2. The van der Waals surface area contributed by atoms with E-state index in [1.54, 1.807) is 37.4 Å². The number of hydrogen-bond donors (Lipinski definition) is 1. The molecular weight excluding hydrogens is 446 g/mol. The summed E-state index contributed by atoms with van der Waals surface area (Å²) >= 11 is 7.58. The van der Waals surface area contributed by atoms with E-state index in [4.69, 9.17) is 16.3 Å². The number of amides is 1. The van der Waals surface area contributed by atoms with E-state index in [9.17, 15) is 14.7 Å². The van der Waals surface area contributed by atoms with Crippen LogP contribution in [0.4, 0.5) is 0 Å². The molecule has 0 aliphatic carbocycles. The highest BCUT2D eigenvalue weighted by Crippen LogP contribution is 2.41. The molecule has 1 aliphatic rings. The number of carbonyl (C=O) groups is 2. The van der Waals surface area contributed by atoms with Crippen molar-refractivity contribution in [3.05, 3.63) is 91.6 Å². The van der Waals surface area contributed by atoms with E-state index >= 15 is 0 Å². The van der Waals surface area contributed by atoms with E-state index in [0.29, 0.717) is 21.9 Å². The number of Topliss-reactive ketones (excluding diaryl/α,β-unsaturated/α-hetero) is 1. The number of aryl methyl sites for hydroxylation is 2. The molecule has 0 spiro atoms. The molecule has 1 aromatic heterocycles. The van der Waals surface area contributed by atoms with Gasteiger partial charge in [0.1, 0.15) is 11.5 Å². The molecule has 1 aliphatic heterocycles. The molecule has 1 N–H and O–H groups in total. The van der Waals surface area contributed by atoms with Crippen molar-refractivity contribution in [3.8, 4) is 5.75 Å². The predicted molar refractivity (Wildman–Crippen MR) is 126 cm³/mol. The molecule has 5 nitrogen and oxygen atoms in total. The number of nitrogens with zero attached hydrogens (tertiary/aromatic N) is 1. The summed E-state index contributed by atoms with van der Waals surface area (Å²) in [5, 5.41) is 13.8. The molecule has 32 heavy (non-hydrogen) atoms. The Kier molecular flexibility index (Phi) is 6.09. The molecule has 164 valence electrons. The summed E-state index contributed by atoms with van der Waals surface area (Å²) in [4.78, 5) is 28.7. The Balaban J connectivity index is 1.90. The van der Waals surface area contributed by atoms with Crippen molar-refractivity contribution in [2.24, 2.45) is 0 Å². The van der Waals surface area contributed by atoms with Crippen molar-refractivity contribution in [1.29, 1.82) is 0 Å². The van der Waals surface area contributed by atoms with Crippen LogP contribution < -0.4 is 4.74 Å². The Hall–Kier alpha value is -3.09. The second-order valence-corrected chi connectivity index (χ2v) is 9.16. The summed E-state index contributed by atoms with van der Waals surface area (Å²) in [6, 6.07) is 13.7. The van der Waals surface area contributed by atoms with Crippen molar-refractivity contribution in [2.75, 3.05) is 7.11 Å². The minimum absolute atomic E-state index is 0.0709. The SMILES string of the molecule is COc1cc(C)c(/C(O)=C2\C(=O)C(=O)N(Cc3cccs3)C2c2ccc(Cl)cc2)cc1C. The first-order valence-corrected chi connectivity index (χ1v) is 11.3. The lowest BCUT2D eigenvalue weighted by Gasteiger charge is -2.25. The first kappa shape index (κ1) is 22.1. The average molecular weight is 468 g/mol. The summed E-state index contributed by atoms with van der Waals surface area (Å²) in [5.41, 5.74) is 2.83. The van der Waals surface area contributed by atoms with Gasteiger partial charge >= 0.3 is 0 Å². The molecule has 0 saturated carbocycles. The number of benzene rings is 2. The fraction of sp³-hybridized carbons (Fsp3) is 0.200. The Morgan fingerprint density at radius 3 is 2.47 bits per heavy atom. The molecule has 4 rings (SSSR count). The van der Waals surface area contributed by atoms with Crippen molar-refractivity contribution >= 4 is 40.4 Å². The van der Waals surface area contributed by atoms with Gasteiger partial charge in [0.2, 0.25) is 0 Å². The summed E-state index contributed by atoms with van der Waals surface area (Å²) in [6.45, 7) is 3.96. The molecule has 7 heteroatoms. The van der Waals surface area contributed by atoms with Crippen LogP contribution in [0.15, 0.2) is 59.5 Å². The molecule has 2 heterocycles. The third-order valence-electron chi connectivity index (χ3n) is 5.63. The standard InChI is InChI=1S/C25H22ClNO4S/c1-14-12-20(31-3)15(2)11-19(14)23(28)21-22(16-6-8-17(26)9-7-16)27(25(30)24(21)29)13-18-5-4-10-32-18/h4-12,22,28H,13H2,1-3H3/b23-21+. The lowest BCUT2D eigenvalue weighted by atomic mass is 9.93. The lowest BCUT2D eigenvalue weighted by molar-refractivity contribution is -0.140. The highest BCUT2D eigenvalue weighted by molar-refractivity contribution is 7.09. The fourth-order valence-electron chi connectivity index (χ4n) is 4.01. The molecule has 1 saturated heterocycles. The third kappa shape index (κ3) is 3.92. The molecule has 1 fully saturated rings. The maximum absolute atomic E-state index is 13.2. The van der Waals surface area contributed by atoms with Gasteiger partial charge in [-0.3, -0.25) is 9.59 Å². The first-order chi connectivity index (χ1) is 15.3. The van der Waals surface area contributed by atoms with Crippen molar-refractivity contribution < 1.29 is 19.4 Å². The van der Waals surface area contributed by atoms with Crippen molar-refractivity contribution in [1.82, 2.24) is 4.90 Å². The number of aliphatic hydroxyl groups is 1. The van der Waals surface area contributed by atoms with Crippen LogP contribution in [0.3, 0.4) is 0 Å². The quantitative estimate of drug-likeness (QED) is 0.299. The van der Waals surface area contributed by atoms with E-state index in [1.165, 1.54) is 16.2 Å². The smallest absolute Gasteiger partial charge is 0.295 e. The highest BCUT2D eigenvalue weighted by atomic mass is 35.5. The monoisotopic (exact) mass is 467 g/mol. The Morgan fingerprint density at radius 2 is 1.84 bits per heavy atom. The van der Waals surface area contributed by atoms with E-state index in [1.807, 2.05) is 37.4 Å². The average Bonchev–Trinajstić information content (AvgIpc) is 3.37. The highest BCUT2D eigenvalue weighted by Gasteiger charge is 2.46. The van der Waals surface area contributed by atoms with Gasteiger partial charge in [-0.05, 0) is 66.2 Å². The number of halogens is 1. The summed E-state index contributed by atoms with van der Waals surface area (Å²) in [7, 11) is 1.58. The van der Waals surface area contributed by atoms with E-state index in [-0.39, 0.29) is 17.9 Å². The number of ketones is 1. The van der Waals surface area contributed by atoms with Crippen LogP contribution in [-0.2, 0) is 16.1 Å². The molecule has 1 unspecified atom stereocenters. The second kappa shape index (κ2) is 8.81. The number of hydrogen-bond acceptors (Lipinski definition) is 5. The van der Waals surface area contributed by atoms with Crippen LogP contribution >= 0.6 is 22.9 Å². The third-order valence-corrected chi connectivity index (χ3v) is 6.74. The van der Waals surface area contributed by atoms with Gasteiger partial charge in [0, 0.05) is 15.5 Å². The van der Waals surface area contributed by atoms with E-state index < -0.39 is 17.7 Å². The van der Waals surface area contributed by atoms with Gasteiger partial charge < -0.3 is 14.7 Å². The summed E-state index contributed by atoms with van der Waals surface area (Å²) in [6.07, 6.45) is 0. The lowest BCUT2D eigenvalue weighted by Crippen LogP contribution is -2.28. The first-order valence-electron chi connectivity index (χ1n) is 10.0. The van der Waals surface area contributed by atoms with Crippen LogP contribution in [0.2, 0.25) is 5.02 Å². The maximum Gasteiger partial charge on any atom is 0.295 e. The number of methoxy groups -OCH3 is 1. The molecule has 3 aromatic rings.